The monoisotopic (exact) mass is 417 g/mol. The van der Waals surface area contributed by atoms with Crippen molar-refractivity contribution < 1.29 is 4.74 Å². The third kappa shape index (κ3) is 7.33. The molecular weight excluding hydrogens is 389 g/mol. The fourth-order valence-corrected chi connectivity index (χ4v) is 2.22. The summed E-state index contributed by atoms with van der Waals surface area (Å²) in [4.78, 5) is 4.63. The molecule has 0 atom stereocenters. The van der Waals surface area contributed by atoms with Crippen LogP contribution in [0.1, 0.15) is 31.7 Å². The molecule has 1 saturated carbocycles. The Morgan fingerprint density at radius 2 is 1.95 bits per heavy atom. The van der Waals surface area contributed by atoms with Gasteiger partial charge in [0.15, 0.2) is 5.96 Å². The van der Waals surface area contributed by atoms with E-state index in [9.17, 15) is 0 Å². The Balaban J connectivity index is 0.00000242. The van der Waals surface area contributed by atoms with Crippen LogP contribution in [0.5, 0.6) is 5.75 Å². The summed E-state index contributed by atoms with van der Waals surface area (Å²) >= 11 is 0. The maximum Gasteiger partial charge on any atom is 0.191 e. The van der Waals surface area contributed by atoms with Crippen molar-refractivity contribution in [3.63, 3.8) is 0 Å². The van der Waals surface area contributed by atoms with Gasteiger partial charge in [0.1, 0.15) is 5.75 Å². The molecule has 0 heterocycles. The van der Waals surface area contributed by atoms with E-state index < -0.39 is 0 Å². The maximum absolute atomic E-state index is 5.17. The summed E-state index contributed by atoms with van der Waals surface area (Å²) in [7, 11) is 1.69. The highest BCUT2D eigenvalue weighted by atomic mass is 127. The first-order valence-corrected chi connectivity index (χ1v) is 7.97. The second-order valence-corrected chi connectivity index (χ2v) is 5.52. The highest BCUT2D eigenvalue weighted by Gasteiger charge is 2.20. The predicted octanol–water partition coefficient (Wildman–Crippen LogP) is 3.21. The Morgan fingerprint density at radius 3 is 2.55 bits per heavy atom. The molecule has 1 aliphatic carbocycles. The predicted molar refractivity (Wildman–Crippen MR) is 103 cm³/mol. The molecular formula is C17H28IN3O. The van der Waals surface area contributed by atoms with Crippen molar-refractivity contribution in [1.29, 1.82) is 0 Å². The number of guanidine groups is 1. The zero-order valence-corrected chi connectivity index (χ0v) is 15.9. The molecule has 0 bridgehead atoms. The largest absolute Gasteiger partial charge is 0.497 e. The van der Waals surface area contributed by atoms with Gasteiger partial charge in [0.05, 0.1) is 7.11 Å². The number of benzene rings is 1. The summed E-state index contributed by atoms with van der Waals surface area (Å²) in [5.41, 5.74) is 1.30. The summed E-state index contributed by atoms with van der Waals surface area (Å²) in [5.74, 6) is 2.78. The van der Waals surface area contributed by atoms with Crippen molar-refractivity contribution in [2.24, 2.45) is 10.9 Å². The van der Waals surface area contributed by atoms with Crippen LogP contribution in [0.15, 0.2) is 29.3 Å². The number of nitrogens with one attached hydrogen (secondary N) is 2. The van der Waals surface area contributed by atoms with Crippen molar-refractivity contribution in [2.45, 2.75) is 32.6 Å². The normalized spacial score (nSPS) is 14.2. The Morgan fingerprint density at radius 1 is 1.23 bits per heavy atom. The van der Waals surface area contributed by atoms with Gasteiger partial charge in [-0.2, -0.15) is 0 Å². The maximum atomic E-state index is 5.17. The van der Waals surface area contributed by atoms with Gasteiger partial charge in [-0.1, -0.05) is 25.0 Å². The fourth-order valence-electron chi connectivity index (χ4n) is 2.22. The lowest BCUT2D eigenvalue weighted by Crippen LogP contribution is -2.38. The molecule has 2 rings (SSSR count). The lowest BCUT2D eigenvalue weighted by atomic mass is 10.1. The van der Waals surface area contributed by atoms with Crippen molar-refractivity contribution in [2.75, 3.05) is 26.7 Å². The summed E-state index contributed by atoms with van der Waals surface area (Å²) in [6.07, 6.45) is 5.01. The van der Waals surface area contributed by atoms with Crippen LogP contribution in [0.3, 0.4) is 0 Å². The third-order valence-corrected chi connectivity index (χ3v) is 3.71. The van der Waals surface area contributed by atoms with Gasteiger partial charge in [0, 0.05) is 19.6 Å². The summed E-state index contributed by atoms with van der Waals surface area (Å²) < 4.78 is 5.17. The van der Waals surface area contributed by atoms with Crippen molar-refractivity contribution >= 4 is 29.9 Å². The van der Waals surface area contributed by atoms with Crippen molar-refractivity contribution in [3.05, 3.63) is 29.8 Å². The topological polar surface area (TPSA) is 45.7 Å². The Bertz CT molecular complexity index is 444. The number of hydrogen-bond donors (Lipinski definition) is 2. The second kappa shape index (κ2) is 10.7. The van der Waals surface area contributed by atoms with Gasteiger partial charge in [-0.15, -0.1) is 24.0 Å². The average Bonchev–Trinajstić information content (AvgIpc) is 3.32. The second-order valence-electron chi connectivity index (χ2n) is 5.52. The average molecular weight is 417 g/mol. The fraction of sp³-hybridized carbons (Fsp3) is 0.588. The van der Waals surface area contributed by atoms with E-state index in [0.29, 0.717) is 0 Å². The van der Waals surface area contributed by atoms with Crippen LogP contribution in [0.2, 0.25) is 0 Å². The number of aliphatic imine (C=N–C) groups is 1. The molecule has 2 N–H and O–H groups in total. The SMILES string of the molecule is CCNC(=NCCC1CC1)NCCc1ccc(OC)cc1.I. The number of rotatable bonds is 8. The molecule has 5 heteroatoms. The molecule has 0 saturated heterocycles. The van der Waals surface area contributed by atoms with Gasteiger partial charge >= 0.3 is 0 Å². The van der Waals surface area contributed by atoms with E-state index in [-0.39, 0.29) is 24.0 Å². The van der Waals surface area contributed by atoms with Gasteiger partial charge < -0.3 is 15.4 Å². The first-order valence-electron chi connectivity index (χ1n) is 7.97. The van der Waals surface area contributed by atoms with Gasteiger partial charge in [-0.05, 0) is 43.4 Å². The summed E-state index contributed by atoms with van der Waals surface area (Å²) in [6, 6.07) is 8.23. The minimum Gasteiger partial charge on any atom is -0.497 e. The van der Waals surface area contributed by atoms with E-state index in [0.717, 1.165) is 43.7 Å². The van der Waals surface area contributed by atoms with Crippen LogP contribution < -0.4 is 15.4 Å². The molecule has 1 fully saturated rings. The smallest absolute Gasteiger partial charge is 0.191 e. The molecule has 0 spiro atoms. The molecule has 0 aromatic heterocycles. The molecule has 4 nitrogen and oxygen atoms in total. The first kappa shape index (κ1) is 19.1. The van der Waals surface area contributed by atoms with E-state index in [1.165, 1.54) is 24.8 Å². The number of halogens is 1. The molecule has 0 radical (unpaired) electrons. The molecule has 1 aromatic rings. The number of ether oxygens (including phenoxy) is 1. The molecule has 0 unspecified atom stereocenters. The van der Waals surface area contributed by atoms with Gasteiger partial charge in [-0.25, -0.2) is 0 Å². The van der Waals surface area contributed by atoms with E-state index in [4.69, 9.17) is 4.74 Å². The van der Waals surface area contributed by atoms with E-state index in [1.54, 1.807) is 7.11 Å². The van der Waals surface area contributed by atoms with Gasteiger partial charge in [0.25, 0.3) is 0 Å². The van der Waals surface area contributed by atoms with Crippen LogP contribution in [0.4, 0.5) is 0 Å². The van der Waals surface area contributed by atoms with E-state index in [1.807, 2.05) is 12.1 Å². The zero-order valence-electron chi connectivity index (χ0n) is 13.6. The Labute approximate surface area is 151 Å². The Kier molecular flexibility index (Phi) is 9.27. The standard InChI is InChI=1S/C17H27N3O.HI/c1-3-18-17(19-12-10-14-4-5-14)20-13-11-15-6-8-16(21-2)9-7-15;/h6-9,14H,3-5,10-13H2,1-2H3,(H2,18,19,20);1H. The highest BCUT2D eigenvalue weighted by Crippen LogP contribution is 2.32. The summed E-state index contributed by atoms with van der Waals surface area (Å²) in [5, 5.41) is 6.70. The third-order valence-electron chi connectivity index (χ3n) is 3.71. The zero-order chi connectivity index (χ0) is 14.9. The van der Waals surface area contributed by atoms with Crippen molar-refractivity contribution in [3.8, 4) is 5.75 Å². The van der Waals surface area contributed by atoms with Crippen LogP contribution >= 0.6 is 24.0 Å². The van der Waals surface area contributed by atoms with Crippen LogP contribution in [-0.4, -0.2) is 32.7 Å². The molecule has 124 valence electrons. The Hall–Kier alpha value is -0.980. The minimum absolute atomic E-state index is 0. The van der Waals surface area contributed by atoms with Crippen molar-refractivity contribution in [1.82, 2.24) is 10.6 Å². The van der Waals surface area contributed by atoms with Crippen LogP contribution in [0, 0.1) is 5.92 Å². The lowest BCUT2D eigenvalue weighted by molar-refractivity contribution is 0.414. The molecule has 22 heavy (non-hydrogen) atoms. The number of hydrogen-bond acceptors (Lipinski definition) is 2. The lowest BCUT2D eigenvalue weighted by Gasteiger charge is -2.11. The summed E-state index contributed by atoms with van der Waals surface area (Å²) in [6.45, 7) is 4.82. The first-order chi connectivity index (χ1) is 10.3. The van der Waals surface area contributed by atoms with Crippen LogP contribution in [0.25, 0.3) is 0 Å². The highest BCUT2D eigenvalue weighted by molar-refractivity contribution is 14.0. The van der Waals surface area contributed by atoms with E-state index >= 15 is 0 Å². The van der Waals surface area contributed by atoms with Crippen LogP contribution in [-0.2, 0) is 6.42 Å². The van der Waals surface area contributed by atoms with Gasteiger partial charge in [-0.3, -0.25) is 4.99 Å². The van der Waals surface area contributed by atoms with Gasteiger partial charge in [0.2, 0.25) is 0 Å². The molecule has 0 aliphatic heterocycles. The minimum atomic E-state index is 0. The molecule has 1 aromatic carbocycles. The number of methoxy groups -OCH3 is 1. The molecule has 1 aliphatic rings. The molecule has 0 amide bonds. The quantitative estimate of drug-likeness (QED) is 0.388. The van der Waals surface area contributed by atoms with E-state index in [2.05, 4.69) is 34.7 Å². The number of nitrogens with zero attached hydrogens (tertiary/aromatic N) is 1.